The van der Waals surface area contributed by atoms with Gasteiger partial charge in [0.1, 0.15) is 5.82 Å². The second-order valence-electron chi connectivity index (χ2n) is 4.62. The van der Waals surface area contributed by atoms with Crippen molar-refractivity contribution in [2.45, 2.75) is 20.3 Å². The van der Waals surface area contributed by atoms with Crippen molar-refractivity contribution in [1.29, 1.82) is 0 Å². The van der Waals surface area contributed by atoms with Gasteiger partial charge in [0, 0.05) is 5.69 Å². The number of hydrogen-bond donors (Lipinski definition) is 2. The average molecular weight is 281 g/mol. The summed E-state index contributed by atoms with van der Waals surface area (Å²) < 4.78 is 12.9. The fourth-order valence-electron chi connectivity index (χ4n) is 1.94. The van der Waals surface area contributed by atoms with E-state index in [4.69, 9.17) is 0 Å². The molecule has 0 unspecified atom stereocenters. The first-order chi connectivity index (χ1) is 9.65. The Labute approximate surface area is 120 Å². The minimum absolute atomic E-state index is 0.154. The van der Waals surface area contributed by atoms with Crippen LogP contribution in [0.3, 0.4) is 0 Å². The Bertz CT molecular complexity index is 408. The summed E-state index contributed by atoms with van der Waals surface area (Å²) in [5.74, 6) is -0.506. The second kappa shape index (κ2) is 9.44. The summed E-state index contributed by atoms with van der Waals surface area (Å²) in [6, 6.07) is 5.89. The highest BCUT2D eigenvalue weighted by Crippen LogP contribution is 2.08. The summed E-state index contributed by atoms with van der Waals surface area (Å²) in [6.07, 6.45) is 1.01. The number of nitrogens with one attached hydrogen (secondary N) is 2. The molecule has 0 aliphatic carbocycles. The average Bonchev–Trinajstić information content (AvgIpc) is 2.43. The van der Waals surface area contributed by atoms with Crippen LogP contribution in [0.15, 0.2) is 24.3 Å². The van der Waals surface area contributed by atoms with Gasteiger partial charge >= 0.3 is 0 Å². The van der Waals surface area contributed by atoms with E-state index in [9.17, 15) is 9.18 Å². The Morgan fingerprint density at radius 2 is 2.05 bits per heavy atom. The molecule has 1 aromatic carbocycles. The van der Waals surface area contributed by atoms with Gasteiger partial charge in [-0.1, -0.05) is 19.9 Å². The van der Waals surface area contributed by atoms with E-state index in [0.717, 1.165) is 32.6 Å². The zero-order valence-corrected chi connectivity index (χ0v) is 12.3. The zero-order chi connectivity index (χ0) is 14.8. The van der Waals surface area contributed by atoms with Gasteiger partial charge in [-0.15, -0.1) is 0 Å². The predicted octanol–water partition coefficient (Wildman–Crippen LogP) is 2.09. The molecule has 112 valence electrons. The molecule has 4 nitrogen and oxygen atoms in total. The molecule has 5 heteroatoms. The maximum absolute atomic E-state index is 12.9. The van der Waals surface area contributed by atoms with Crippen LogP contribution in [-0.2, 0) is 4.79 Å². The highest BCUT2D eigenvalue weighted by molar-refractivity contribution is 5.92. The minimum Gasteiger partial charge on any atom is -0.325 e. The number of carbonyl (C=O) groups excluding carboxylic acids is 1. The molecule has 1 aromatic rings. The number of nitrogens with zero attached hydrogens (tertiary/aromatic N) is 1. The summed E-state index contributed by atoms with van der Waals surface area (Å²) in [6.45, 7) is 8.47. The molecular weight excluding hydrogens is 257 g/mol. The molecule has 0 radical (unpaired) electrons. The van der Waals surface area contributed by atoms with Crippen LogP contribution in [0.5, 0.6) is 0 Å². The fourth-order valence-corrected chi connectivity index (χ4v) is 1.94. The third-order valence-corrected chi connectivity index (χ3v) is 3.12. The van der Waals surface area contributed by atoms with E-state index in [1.807, 2.05) is 0 Å². The van der Waals surface area contributed by atoms with Gasteiger partial charge in [-0.2, -0.15) is 0 Å². The fraction of sp³-hybridized carbons (Fsp3) is 0.533. The van der Waals surface area contributed by atoms with Crippen LogP contribution in [0.1, 0.15) is 20.3 Å². The molecule has 0 aliphatic rings. The lowest BCUT2D eigenvalue weighted by Crippen LogP contribution is -2.31. The van der Waals surface area contributed by atoms with E-state index in [1.54, 1.807) is 12.1 Å². The normalized spacial score (nSPS) is 10.8. The molecule has 20 heavy (non-hydrogen) atoms. The van der Waals surface area contributed by atoms with E-state index in [2.05, 4.69) is 29.4 Å². The molecule has 0 bridgehead atoms. The van der Waals surface area contributed by atoms with Crippen molar-refractivity contribution < 1.29 is 9.18 Å². The Kier molecular flexibility index (Phi) is 7.84. The predicted molar refractivity (Wildman–Crippen MR) is 80.3 cm³/mol. The first-order valence-corrected chi connectivity index (χ1v) is 7.14. The van der Waals surface area contributed by atoms with Crippen LogP contribution in [0.25, 0.3) is 0 Å². The molecule has 0 saturated heterocycles. The number of anilines is 1. The number of carbonyl (C=O) groups is 1. The smallest absolute Gasteiger partial charge is 0.238 e. The first kappa shape index (κ1) is 16.6. The van der Waals surface area contributed by atoms with E-state index < -0.39 is 0 Å². The molecule has 0 fully saturated rings. The third-order valence-electron chi connectivity index (χ3n) is 3.12. The number of benzene rings is 1. The Morgan fingerprint density at radius 3 is 2.70 bits per heavy atom. The standard InChI is InChI=1S/C15H24FN3O/c1-3-19(4-2)10-6-9-17-12-15(20)18-14-8-5-7-13(16)11-14/h5,7-8,11,17H,3-4,6,9-10,12H2,1-2H3,(H,18,20). The van der Waals surface area contributed by atoms with E-state index in [-0.39, 0.29) is 18.3 Å². The monoisotopic (exact) mass is 281 g/mol. The Morgan fingerprint density at radius 1 is 1.30 bits per heavy atom. The number of rotatable bonds is 9. The van der Waals surface area contributed by atoms with Crippen molar-refractivity contribution in [3.63, 3.8) is 0 Å². The maximum Gasteiger partial charge on any atom is 0.238 e. The first-order valence-electron chi connectivity index (χ1n) is 7.14. The Balaban J connectivity index is 2.14. The highest BCUT2D eigenvalue weighted by Gasteiger charge is 2.03. The molecule has 1 amide bonds. The van der Waals surface area contributed by atoms with Crippen molar-refractivity contribution in [3.8, 4) is 0 Å². The van der Waals surface area contributed by atoms with E-state index in [1.165, 1.54) is 12.1 Å². The van der Waals surface area contributed by atoms with Crippen molar-refractivity contribution in [1.82, 2.24) is 10.2 Å². The van der Waals surface area contributed by atoms with Crippen LogP contribution < -0.4 is 10.6 Å². The maximum atomic E-state index is 12.9. The van der Waals surface area contributed by atoms with Crippen molar-refractivity contribution in [3.05, 3.63) is 30.1 Å². The number of hydrogen-bond acceptors (Lipinski definition) is 3. The van der Waals surface area contributed by atoms with Gasteiger partial charge in [-0.05, 0) is 50.8 Å². The quantitative estimate of drug-likeness (QED) is 0.681. The van der Waals surface area contributed by atoms with E-state index in [0.29, 0.717) is 5.69 Å². The van der Waals surface area contributed by atoms with Crippen LogP contribution in [0, 0.1) is 5.82 Å². The summed E-state index contributed by atoms with van der Waals surface area (Å²) in [5.41, 5.74) is 0.486. The molecule has 1 rings (SSSR count). The van der Waals surface area contributed by atoms with Crippen molar-refractivity contribution >= 4 is 11.6 Å². The van der Waals surface area contributed by atoms with Gasteiger partial charge in [0.15, 0.2) is 0 Å². The summed E-state index contributed by atoms with van der Waals surface area (Å²) in [4.78, 5) is 14.0. The molecule has 0 saturated carbocycles. The topological polar surface area (TPSA) is 44.4 Å². The lowest BCUT2D eigenvalue weighted by molar-refractivity contribution is -0.115. The van der Waals surface area contributed by atoms with Crippen LogP contribution in [0.4, 0.5) is 10.1 Å². The van der Waals surface area contributed by atoms with Crippen molar-refractivity contribution in [2.75, 3.05) is 38.0 Å². The molecule has 0 atom stereocenters. The molecule has 0 aliphatic heterocycles. The van der Waals surface area contributed by atoms with Gasteiger partial charge < -0.3 is 15.5 Å². The highest BCUT2D eigenvalue weighted by atomic mass is 19.1. The van der Waals surface area contributed by atoms with Gasteiger partial charge in [0.25, 0.3) is 0 Å². The van der Waals surface area contributed by atoms with E-state index >= 15 is 0 Å². The largest absolute Gasteiger partial charge is 0.325 e. The molecular formula is C15H24FN3O. The zero-order valence-electron chi connectivity index (χ0n) is 12.3. The van der Waals surface area contributed by atoms with Crippen LogP contribution >= 0.6 is 0 Å². The minimum atomic E-state index is -0.352. The number of amides is 1. The van der Waals surface area contributed by atoms with Gasteiger partial charge in [-0.3, -0.25) is 4.79 Å². The van der Waals surface area contributed by atoms with Gasteiger partial charge in [-0.25, -0.2) is 4.39 Å². The second-order valence-corrected chi connectivity index (χ2v) is 4.62. The lowest BCUT2D eigenvalue weighted by atomic mass is 10.3. The van der Waals surface area contributed by atoms with Gasteiger partial charge in [0.05, 0.1) is 6.54 Å². The summed E-state index contributed by atoms with van der Waals surface area (Å²) >= 11 is 0. The summed E-state index contributed by atoms with van der Waals surface area (Å²) in [7, 11) is 0. The molecule has 0 aromatic heterocycles. The van der Waals surface area contributed by atoms with Crippen LogP contribution in [-0.4, -0.2) is 43.5 Å². The molecule has 0 spiro atoms. The summed E-state index contributed by atoms with van der Waals surface area (Å²) in [5, 5.41) is 5.74. The Hall–Kier alpha value is -1.46. The third kappa shape index (κ3) is 6.63. The lowest BCUT2D eigenvalue weighted by Gasteiger charge is -2.17. The van der Waals surface area contributed by atoms with Crippen molar-refractivity contribution in [2.24, 2.45) is 0 Å². The SMILES string of the molecule is CCN(CC)CCCNCC(=O)Nc1cccc(F)c1. The van der Waals surface area contributed by atoms with Crippen LogP contribution in [0.2, 0.25) is 0 Å². The van der Waals surface area contributed by atoms with Gasteiger partial charge in [0.2, 0.25) is 5.91 Å². The molecule has 2 N–H and O–H groups in total. The molecule has 0 heterocycles. The number of halogens is 1.